The van der Waals surface area contributed by atoms with E-state index < -0.39 is 40.2 Å². The van der Waals surface area contributed by atoms with Crippen molar-refractivity contribution in [3.8, 4) is 0 Å². The van der Waals surface area contributed by atoms with Crippen LogP contribution in [0.25, 0.3) is 0 Å². The number of rotatable bonds is 6. The zero-order chi connectivity index (χ0) is 27.0. The third kappa shape index (κ3) is 5.98. The number of piperidine rings is 1. The van der Waals surface area contributed by atoms with E-state index >= 15 is 4.39 Å². The van der Waals surface area contributed by atoms with Crippen molar-refractivity contribution < 1.29 is 28.2 Å². The standard InChI is InChI=1S/C26H30Cl2F2N2O4/c1-14-11-26(24(35)36-25(3,4)5,9-10-32(14)13-16-7-6-8-17(27)20(16)29)12-18-21(30)19(23(33)34)15(2)22(28)31-18/h6-8,14H,9-13H2,1-5H3,(H,33,34)/t14-,26-/m1/s1. The van der Waals surface area contributed by atoms with Crippen molar-refractivity contribution in [3.63, 3.8) is 0 Å². The fourth-order valence-corrected chi connectivity index (χ4v) is 5.05. The van der Waals surface area contributed by atoms with Crippen molar-refractivity contribution in [2.75, 3.05) is 6.54 Å². The number of carboxylic acid groups (broad SMARTS) is 1. The molecule has 2 aromatic rings. The second kappa shape index (κ2) is 10.6. The summed E-state index contributed by atoms with van der Waals surface area (Å²) in [6.07, 6.45) is 0.348. The number of hydrogen-bond donors (Lipinski definition) is 1. The Morgan fingerprint density at radius 1 is 1.25 bits per heavy atom. The van der Waals surface area contributed by atoms with Gasteiger partial charge in [-0.15, -0.1) is 0 Å². The van der Waals surface area contributed by atoms with Gasteiger partial charge in [-0.2, -0.15) is 0 Å². The van der Waals surface area contributed by atoms with Crippen LogP contribution in [0.3, 0.4) is 0 Å². The van der Waals surface area contributed by atoms with Crippen LogP contribution < -0.4 is 0 Å². The van der Waals surface area contributed by atoms with Gasteiger partial charge in [-0.25, -0.2) is 18.6 Å². The van der Waals surface area contributed by atoms with E-state index in [1.807, 2.05) is 11.8 Å². The Morgan fingerprint density at radius 2 is 1.92 bits per heavy atom. The van der Waals surface area contributed by atoms with Crippen LogP contribution in [-0.4, -0.2) is 45.1 Å². The van der Waals surface area contributed by atoms with Crippen molar-refractivity contribution in [1.82, 2.24) is 9.88 Å². The number of benzene rings is 1. The Hall–Kier alpha value is -2.29. The van der Waals surface area contributed by atoms with Gasteiger partial charge in [0.2, 0.25) is 0 Å². The number of pyridine rings is 1. The van der Waals surface area contributed by atoms with Gasteiger partial charge in [0.25, 0.3) is 0 Å². The van der Waals surface area contributed by atoms with Crippen LogP contribution in [0, 0.1) is 24.0 Å². The average molecular weight is 543 g/mol. The highest BCUT2D eigenvalue weighted by Crippen LogP contribution is 2.42. The second-order valence-electron chi connectivity index (χ2n) is 10.4. The summed E-state index contributed by atoms with van der Waals surface area (Å²) in [5.41, 5.74) is -2.29. The summed E-state index contributed by atoms with van der Waals surface area (Å²) < 4.78 is 35.6. The number of ether oxygens (including phenoxy) is 1. The Bertz CT molecular complexity index is 1190. The number of carboxylic acids is 1. The molecule has 1 fully saturated rings. The van der Waals surface area contributed by atoms with Gasteiger partial charge in [0.05, 0.1) is 16.1 Å². The number of carbonyl (C=O) groups excluding carboxylic acids is 1. The fraction of sp³-hybridized carbons (Fsp3) is 0.500. The number of likely N-dealkylation sites (tertiary alicyclic amines) is 1. The molecule has 1 saturated heterocycles. The molecule has 6 nitrogen and oxygen atoms in total. The first kappa shape index (κ1) is 28.3. The van der Waals surface area contributed by atoms with Crippen LogP contribution in [0.5, 0.6) is 0 Å². The van der Waals surface area contributed by atoms with E-state index in [0.717, 1.165) is 0 Å². The number of halogens is 4. The molecule has 0 spiro atoms. The molecule has 0 saturated carbocycles. The summed E-state index contributed by atoms with van der Waals surface area (Å²) in [5.74, 6) is -3.49. The van der Waals surface area contributed by atoms with E-state index in [1.54, 1.807) is 32.9 Å². The maximum Gasteiger partial charge on any atom is 0.339 e. The largest absolute Gasteiger partial charge is 0.478 e. The summed E-state index contributed by atoms with van der Waals surface area (Å²) in [6, 6.07) is 4.60. The van der Waals surface area contributed by atoms with Gasteiger partial charge in [0.1, 0.15) is 22.1 Å². The van der Waals surface area contributed by atoms with Crippen LogP contribution in [-0.2, 0) is 22.5 Å². The van der Waals surface area contributed by atoms with Gasteiger partial charge in [-0.05, 0) is 60.1 Å². The number of aromatic carboxylic acids is 1. The predicted molar refractivity (Wildman–Crippen MR) is 133 cm³/mol. The first-order valence-corrected chi connectivity index (χ1v) is 12.4. The Balaban J connectivity index is 1.97. The highest BCUT2D eigenvalue weighted by molar-refractivity contribution is 6.31. The molecule has 2 heterocycles. The minimum absolute atomic E-state index is 0.0171. The maximum atomic E-state index is 15.3. The van der Waals surface area contributed by atoms with E-state index in [4.69, 9.17) is 27.9 Å². The molecule has 1 aliphatic rings. The topological polar surface area (TPSA) is 79.7 Å². The molecule has 3 rings (SSSR count). The lowest BCUT2D eigenvalue weighted by Gasteiger charge is -2.45. The van der Waals surface area contributed by atoms with Crippen molar-refractivity contribution >= 4 is 35.1 Å². The summed E-state index contributed by atoms with van der Waals surface area (Å²) in [4.78, 5) is 31.3. The van der Waals surface area contributed by atoms with Gasteiger partial charge in [-0.3, -0.25) is 9.69 Å². The lowest BCUT2D eigenvalue weighted by atomic mass is 9.71. The second-order valence-corrected chi connectivity index (χ2v) is 11.2. The van der Waals surface area contributed by atoms with Gasteiger partial charge in [-0.1, -0.05) is 35.3 Å². The SMILES string of the molecule is Cc1c(Cl)nc(C[C@@]2(C(=O)OC(C)(C)C)CCN(Cc3cccc(Cl)c3F)[C@H](C)C2)c(F)c1C(=O)O. The van der Waals surface area contributed by atoms with Crippen LogP contribution in [0.4, 0.5) is 8.78 Å². The van der Waals surface area contributed by atoms with Crippen LogP contribution in [0.15, 0.2) is 18.2 Å². The minimum atomic E-state index is -1.46. The number of aromatic nitrogens is 1. The fourth-order valence-electron chi connectivity index (χ4n) is 4.66. The molecule has 36 heavy (non-hydrogen) atoms. The molecule has 0 radical (unpaired) electrons. The molecule has 10 heteroatoms. The normalized spacial score (nSPS) is 20.9. The van der Waals surface area contributed by atoms with Gasteiger partial charge in [0, 0.05) is 30.1 Å². The van der Waals surface area contributed by atoms with Crippen LogP contribution in [0.1, 0.15) is 67.7 Å². The number of carbonyl (C=O) groups is 2. The summed E-state index contributed by atoms with van der Waals surface area (Å²) in [5, 5.41) is 9.42. The molecule has 1 N–H and O–H groups in total. The van der Waals surface area contributed by atoms with Gasteiger partial charge in [0.15, 0.2) is 5.82 Å². The molecule has 196 valence electrons. The molecular formula is C26H30Cl2F2N2O4. The minimum Gasteiger partial charge on any atom is -0.478 e. The van der Waals surface area contributed by atoms with E-state index in [2.05, 4.69) is 4.98 Å². The predicted octanol–water partition coefficient (Wildman–Crippen LogP) is 6.23. The highest BCUT2D eigenvalue weighted by atomic mass is 35.5. The average Bonchev–Trinajstić information content (AvgIpc) is 2.75. The molecule has 0 unspecified atom stereocenters. The third-order valence-electron chi connectivity index (χ3n) is 6.53. The van der Waals surface area contributed by atoms with E-state index in [-0.39, 0.29) is 53.3 Å². The molecule has 0 aliphatic carbocycles. The van der Waals surface area contributed by atoms with Crippen molar-refractivity contribution in [2.24, 2.45) is 5.41 Å². The monoisotopic (exact) mass is 542 g/mol. The molecule has 2 atom stereocenters. The Kier molecular flexibility index (Phi) is 8.33. The third-order valence-corrected chi connectivity index (χ3v) is 7.19. The Morgan fingerprint density at radius 3 is 2.50 bits per heavy atom. The smallest absolute Gasteiger partial charge is 0.339 e. The highest BCUT2D eigenvalue weighted by Gasteiger charge is 2.47. The molecule has 1 aliphatic heterocycles. The number of nitrogens with zero attached hydrogens (tertiary/aromatic N) is 2. The zero-order valence-corrected chi connectivity index (χ0v) is 22.4. The summed E-state index contributed by atoms with van der Waals surface area (Å²) in [7, 11) is 0. The molecular weight excluding hydrogens is 513 g/mol. The lowest BCUT2D eigenvalue weighted by molar-refractivity contribution is -0.172. The number of esters is 1. The molecule has 1 aromatic carbocycles. The van der Waals surface area contributed by atoms with Crippen LogP contribution in [0.2, 0.25) is 10.2 Å². The maximum absolute atomic E-state index is 15.3. The Labute approximate surface area is 219 Å². The first-order chi connectivity index (χ1) is 16.6. The van der Waals surface area contributed by atoms with E-state index in [9.17, 15) is 19.1 Å². The molecule has 1 aromatic heterocycles. The van der Waals surface area contributed by atoms with Gasteiger partial charge >= 0.3 is 11.9 Å². The van der Waals surface area contributed by atoms with Gasteiger partial charge < -0.3 is 9.84 Å². The molecule has 0 amide bonds. The quantitative estimate of drug-likeness (QED) is 0.344. The van der Waals surface area contributed by atoms with E-state index in [1.165, 1.54) is 13.0 Å². The molecule has 0 bridgehead atoms. The first-order valence-electron chi connectivity index (χ1n) is 11.6. The van der Waals surface area contributed by atoms with Crippen molar-refractivity contribution in [1.29, 1.82) is 0 Å². The van der Waals surface area contributed by atoms with Crippen molar-refractivity contribution in [3.05, 3.63) is 62.4 Å². The number of hydrogen-bond acceptors (Lipinski definition) is 5. The summed E-state index contributed by atoms with van der Waals surface area (Å²) >= 11 is 12.1. The van der Waals surface area contributed by atoms with E-state index in [0.29, 0.717) is 12.1 Å². The summed E-state index contributed by atoms with van der Waals surface area (Å²) in [6.45, 7) is 9.17. The van der Waals surface area contributed by atoms with Crippen LogP contribution >= 0.6 is 23.2 Å². The lowest BCUT2D eigenvalue weighted by Crippen LogP contribution is -2.51. The van der Waals surface area contributed by atoms with Crippen molar-refractivity contribution in [2.45, 2.75) is 72.1 Å². The zero-order valence-electron chi connectivity index (χ0n) is 20.9.